The van der Waals surface area contributed by atoms with Gasteiger partial charge in [-0.25, -0.2) is 4.79 Å². The Morgan fingerprint density at radius 3 is 2.80 bits per heavy atom. The lowest BCUT2D eigenvalue weighted by Crippen LogP contribution is -2.28. The number of hydrogen-bond acceptors (Lipinski definition) is 4. The summed E-state index contributed by atoms with van der Waals surface area (Å²) in [4.78, 5) is 15.3. The van der Waals surface area contributed by atoms with E-state index in [1.165, 1.54) is 0 Å². The van der Waals surface area contributed by atoms with Crippen molar-refractivity contribution < 1.29 is 22.5 Å². The molecule has 0 fully saturated rings. The summed E-state index contributed by atoms with van der Waals surface area (Å²) < 4.78 is 41.1. The Morgan fingerprint density at radius 1 is 1.40 bits per heavy atom. The number of rotatable bonds is 3. The number of carbonyl (C=O) groups excluding carboxylic acids is 1. The van der Waals surface area contributed by atoms with Crippen LogP contribution in [0.25, 0.3) is 0 Å². The van der Waals surface area contributed by atoms with E-state index in [1.54, 1.807) is 24.5 Å². The highest BCUT2D eigenvalue weighted by Crippen LogP contribution is 2.29. The van der Waals surface area contributed by atoms with Crippen LogP contribution < -0.4 is 10.6 Å². The van der Waals surface area contributed by atoms with Crippen molar-refractivity contribution in [3.8, 4) is 0 Å². The zero-order valence-electron chi connectivity index (χ0n) is 9.94. The minimum Gasteiger partial charge on any atom is -0.338 e. The molecule has 2 N–H and O–H groups in total. The topological polar surface area (TPSA) is 80.0 Å². The van der Waals surface area contributed by atoms with E-state index in [4.69, 9.17) is 0 Å². The molecule has 0 unspecified atom stereocenters. The maximum Gasteiger partial charge on any atom is 0.436 e. The number of amides is 2. The van der Waals surface area contributed by atoms with Crippen LogP contribution in [0.4, 0.5) is 23.8 Å². The van der Waals surface area contributed by atoms with Crippen LogP contribution in [0.2, 0.25) is 0 Å². The zero-order valence-corrected chi connectivity index (χ0v) is 9.94. The van der Waals surface area contributed by atoms with Crippen molar-refractivity contribution in [1.82, 2.24) is 15.5 Å². The van der Waals surface area contributed by atoms with Crippen LogP contribution in [-0.4, -0.2) is 16.2 Å². The maximum atomic E-state index is 12.3. The third-order valence-electron chi connectivity index (χ3n) is 2.21. The molecule has 0 radical (unpaired) electrons. The predicted molar refractivity (Wildman–Crippen MR) is 61.6 cm³/mol. The van der Waals surface area contributed by atoms with Crippen molar-refractivity contribution in [2.45, 2.75) is 12.7 Å². The Hall–Kier alpha value is -2.58. The Labute approximate surface area is 111 Å². The molecule has 0 aliphatic rings. The van der Waals surface area contributed by atoms with Crippen molar-refractivity contribution in [2.24, 2.45) is 0 Å². The molecule has 2 amide bonds. The molecular weight excluding hydrogens is 277 g/mol. The van der Waals surface area contributed by atoms with E-state index in [0.29, 0.717) is 6.07 Å². The zero-order chi connectivity index (χ0) is 14.6. The lowest BCUT2D eigenvalue weighted by molar-refractivity contribution is -0.142. The van der Waals surface area contributed by atoms with Crippen molar-refractivity contribution in [3.63, 3.8) is 0 Å². The monoisotopic (exact) mass is 286 g/mol. The number of halogens is 3. The molecule has 2 aromatic heterocycles. The smallest absolute Gasteiger partial charge is 0.338 e. The van der Waals surface area contributed by atoms with Gasteiger partial charge in [0.05, 0.1) is 0 Å². The molecule has 0 saturated heterocycles. The van der Waals surface area contributed by atoms with Crippen LogP contribution in [0.5, 0.6) is 0 Å². The summed E-state index contributed by atoms with van der Waals surface area (Å²) in [5, 5.41) is 7.35. The lowest BCUT2D eigenvalue weighted by atomic mass is 10.3. The molecular formula is C11H9F3N4O2. The second-order valence-electron chi connectivity index (χ2n) is 3.74. The first-order valence-electron chi connectivity index (χ1n) is 5.43. The summed E-state index contributed by atoms with van der Waals surface area (Å²) in [5.74, 6) is -0.388. The molecule has 0 bridgehead atoms. The van der Waals surface area contributed by atoms with E-state index in [1.807, 2.05) is 0 Å². The number of urea groups is 1. The minimum atomic E-state index is -4.62. The highest BCUT2D eigenvalue weighted by atomic mass is 19.4. The molecule has 0 aliphatic heterocycles. The molecule has 0 aliphatic carbocycles. The number of aromatic nitrogens is 2. The van der Waals surface area contributed by atoms with Gasteiger partial charge in [-0.2, -0.15) is 13.2 Å². The predicted octanol–water partition coefficient (Wildman–Crippen LogP) is 2.41. The summed E-state index contributed by atoms with van der Waals surface area (Å²) in [6.07, 6.45) is -1.48. The highest BCUT2D eigenvalue weighted by Gasteiger charge is 2.35. The third-order valence-corrected chi connectivity index (χ3v) is 2.21. The molecule has 0 aromatic carbocycles. The minimum absolute atomic E-state index is 0.180. The fourth-order valence-electron chi connectivity index (χ4n) is 1.31. The summed E-state index contributed by atoms with van der Waals surface area (Å²) >= 11 is 0. The second kappa shape index (κ2) is 5.59. The van der Waals surface area contributed by atoms with Gasteiger partial charge in [0.25, 0.3) is 0 Å². The number of carbonyl (C=O) groups is 1. The third kappa shape index (κ3) is 3.70. The Balaban J connectivity index is 1.87. The molecule has 0 spiro atoms. The van der Waals surface area contributed by atoms with Gasteiger partial charge in [-0.05, 0) is 11.6 Å². The van der Waals surface area contributed by atoms with Crippen molar-refractivity contribution in [1.29, 1.82) is 0 Å². The van der Waals surface area contributed by atoms with E-state index in [-0.39, 0.29) is 12.4 Å². The summed E-state index contributed by atoms with van der Waals surface area (Å²) in [6.45, 7) is 0.180. The van der Waals surface area contributed by atoms with Gasteiger partial charge >= 0.3 is 12.2 Å². The number of alkyl halides is 3. The van der Waals surface area contributed by atoms with Crippen molar-refractivity contribution in [3.05, 3.63) is 41.9 Å². The standard InChI is InChI=1S/C11H9F3N4O2/c12-11(13,14)8-4-9(20-18-8)17-10(19)16-6-7-2-1-3-15-5-7/h1-5H,6H2,(H2,16,17,19). The number of pyridine rings is 1. The second-order valence-corrected chi connectivity index (χ2v) is 3.74. The molecule has 106 valence electrons. The Bertz CT molecular complexity index is 583. The molecule has 2 aromatic rings. The molecule has 20 heavy (non-hydrogen) atoms. The first-order valence-corrected chi connectivity index (χ1v) is 5.43. The highest BCUT2D eigenvalue weighted by molar-refractivity contribution is 5.87. The molecule has 2 rings (SSSR count). The number of hydrogen-bond donors (Lipinski definition) is 2. The summed E-state index contributed by atoms with van der Waals surface area (Å²) in [6, 6.07) is 3.33. The lowest BCUT2D eigenvalue weighted by Gasteiger charge is -2.04. The van der Waals surface area contributed by atoms with Gasteiger partial charge in [0.1, 0.15) is 0 Å². The fourth-order valence-corrected chi connectivity index (χ4v) is 1.31. The van der Waals surface area contributed by atoms with Gasteiger partial charge < -0.3 is 9.84 Å². The SMILES string of the molecule is O=C(NCc1cccnc1)Nc1cc(C(F)(F)F)no1. The van der Waals surface area contributed by atoms with E-state index in [9.17, 15) is 18.0 Å². The van der Waals surface area contributed by atoms with Gasteiger partial charge in [-0.3, -0.25) is 10.3 Å². The fraction of sp³-hybridized carbons (Fsp3) is 0.182. The average Bonchev–Trinajstić information content (AvgIpc) is 2.86. The number of nitrogens with zero attached hydrogens (tertiary/aromatic N) is 2. The Kier molecular flexibility index (Phi) is 3.87. The van der Waals surface area contributed by atoms with Gasteiger partial charge in [-0.1, -0.05) is 11.2 Å². The quantitative estimate of drug-likeness (QED) is 0.908. The summed E-state index contributed by atoms with van der Waals surface area (Å²) in [5.41, 5.74) is -0.462. The van der Waals surface area contributed by atoms with Gasteiger partial charge in [0.2, 0.25) is 5.88 Å². The largest absolute Gasteiger partial charge is 0.436 e. The maximum absolute atomic E-state index is 12.3. The number of anilines is 1. The van der Waals surface area contributed by atoms with Crippen LogP contribution in [0.15, 0.2) is 35.1 Å². The molecule has 0 saturated carbocycles. The van der Waals surface area contributed by atoms with Crippen LogP contribution in [0, 0.1) is 0 Å². The average molecular weight is 286 g/mol. The van der Waals surface area contributed by atoms with E-state index >= 15 is 0 Å². The molecule has 0 atom stereocenters. The first-order chi connectivity index (χ1) is 9.45. The van der Waals surface area contributed by atoms with E-state index < -0.39 is 17.9 Å². The van der Waals surface area contributed by atoms with Gasteiger partial charge in [-0.15, -0.1) is 0 Å². The van der Waals surface area contributed by atoms with Gasteiger partial charge in [0.15, 0.2) is 5.69 Å². The van der Waals surface area contributed by atoms with E-state index in [0.717, 1.165) is 5.56 Å². The van der Waals surface area contributed by atoms with Gasteiger partial charge in [0, 0.05) is 25.0 Å². The van der Waals surface area contributed by atoms with Crippen molar-refractivity contribution >= 4 is 11.9 Å². The van der Waals surface area contributed by atoms with Crippen molar-refractivity contribution in [2.75, 3.05) is 5.32 Å². The molecule has 9 heteroatoms. The van der Waals surface area contributed by atoms with E-state index in [2.05, 4.69) is 25.3 Å². The Morgan fingerprint density at radius 2 is 2.20 bits per heavy atom. The van der Waals surface area contributed by atoms with Crippen LogP contribution in [-0.2, 0) is 12.7 Å². The first kappa shape index (κ1) is 13.8. The van der Waals surface area contributed by atoms with Crippen LogP contribution >= 0.6 is 0 Å². The number of nitrogens with one attached hydrogen (secondary N) is 2. The molecule has 2 heterocycles. The molecule has 6 nitrogen and oxygen atoms in total. The normalized spacial score (nSPS) is 11.2. The van der Waals surface area contributed by atoms with Crippen LogP contribution in [0.1, 0.15) is 11.3 Å². The van der Waals surface area contributed by atoms with Crippen LogP contribution in [0.3, 0.4) is 0 Å². The summed E-state index contributed by atoms with van der Waals surface area (Å²) in [7, 11) is 0.